The Hall–Kier alpha value is -0.530. The maximum atomic E-state index is 4.72. The molecule has 0 aliphatic heterocycles. The van der Waals surface area contributed by atoms with E-state index in [-0.39, 0.29) is 0 Å². The molecule has 1 saturated carbocycles. The molecule has 0 unspecified atom stereocenters. The van der Waals surface area contributed by atoms with Crippen LogP contribution in [0.3, 0.4) is 0 Å². The van der Waals surface area contributed by atoms with Gasteiger partial charge in [-0.1, -0.05) is 43.7 Å². The zero-order chi connectivity index (χ0) is 9.36. The molecule has 0 atom stereocenters. The first-order chi connectivity index (χ1) is 6.43. The van der Waals surface area contributed by atoms with Crippen molar-refractivity contribution < 1.29 is 4.84 Å². The average Bonchev–Trinajstić information content (AvgIpc) is 2.28. The lowest BCUT2D eigenvalue weighted by Gasteiger charge is -2.08. The van der Waals surface area contributed by atoms with Gasteiger partial charge in [0.15, 0.2) is 0 Å². The zero-order valence-electron chi connectivity index (χ0n) is 8.67. The molecule has 0 heterocycles. The molecule has 0 spiro atoms. The molecule has 0 aromatic heterocycles. The fourth-order valence-corrected chi connectivity index (χ4v) is 1.96. The van der Waals surface area contributed by atoms with Crippen molar-refractivity contribution in [3.63, 3.8) is 0 Å². The summed E-state index contributed by atoms with van der Waals surface area (Å²) < 4.78 is 0. The normalized spacial score (nSPS) is 22.2. The third kappa shape index (κ3) is 4.91. The van der Waals surface area contributed by atoms with Gasteiger partial charge in [-0.2, -0.15) is 0 Å². The van der Waals surface area contributed by atoms with Crippen LogP contribution in [0.5, 0.6) is 0 Å². The monoisotopic (exact) mass is 183 g/mol. The van der Waals surface area contributed by atoms with E-state index in [2.05, 4.69) is 5.16 Å². The number of rotatable bonds is 2. The number of hydrogen-bond donors (Lipinski definition) is 0. The standard InChI is InChI=1S/C11H21NO/c1-13-12-10-11-8-6-4-2-3-5-7-9-11/h10-11H,2-9H2,1H3/b12-10+. The summed E-state index contributed by atoms with van der Waals surface area (Å²) in [6, 6.07) is 0. The lowest BCUT2D eigenvalue weighted by molar-refractivity contribution is 0.212. The average molecular weight is 183 g/mol. The highest BCUT2D eigenvalue weighted by Gasteiger charge is 2.07. The minimum absolute atomic E-state index is 0.665. The van der Waals surface area contributed by atoms with Crippen molar-refractivity contribution in [3.05, 3.63) is 0 Å². The Kier molecular flexibility index (Phi) is 5.62. The third-order valence-corrected chi connectivity index (χ3v) is 2.78. The van der Waals surface area contributed by atoms with Crippen LogP contribution in [0.1, 0.15) is 51.4 Å². The molecule has 0 saturated heterocycles. The Morgan fingerprint density at radius 2 is 1.54 bits per heavy atom. The zero-order valence-corrected chi connectivity index (χ0v) is 8.67. The number of oxime groups is 1. The van der Waals surface area contributed by atoms with Gasteiger partial charge in [0.05, 0.1) is 0 Å². The summed E-state index contributed by atoms with van der Waals surface area (Å²) in [5.41, 5.74) is 0. The van der Waals surface area contributed by atoms with Crippen LogP contribution in [0.15, 0.2) is 5.16 Å². The summed E-state index contributed by atoms with van der Waals surface area (Å²) in [7, 11) is 1.62. The fourth-order valence-electron chi connectivity index (χ4n) is 1.96. The fraction of sp³-hybridized carbons (Fsp3) is 0.909. The van der Waals surface area contributed by atoms with Gasteiger partial charge in [0, 0.05) is 6.21 Å². The van der Waals surface area contributed by atoms with E-state index in [4.69, 9.17) is 4.84 Å². The Morgan fingerprint density at radius 1 is 1.00 bits per heavy atom. The maximum absolute atomic E-state index is 4.72. The molecular formula is C11H21NO. The SMILES string of the molecule is CO/N=C/C1CCCCCCCC1. The van der Waals surface area contributed by atoms with Crippen LogP contribution in [-0.2, 0) is 4.84 Å². The highest BCUT2D eigenvalue weighted by Crippen LogP contribution is 2.20. The van der Waals surface area contributed by atoms with Crippen LogP contribution in [0, 0.1) is 5.92 Å². The molecule has 0 radical (unpaired) electrons. The van der Waals surface area contributed by atoms with E-state index in [0.29, 0.717) is 5.92 Å². The van der Waals surface area contributed by atoms with Crippen molar-refractivity contribution in [1.82, 2.24) is 0 Å². The van der Waals surface area contributed by atoms with Crippen LogP contribution >= 0.6 is 0 Å². The highest BCUT2D eigenvalue weighted by molar-refractivity contribution is 5.59. The Bertz CT molecular complexity index is 135. The Balaban J connectivity index is 2.27. The molecule has 1 fully saturated rings. The van der Waals surface area contributed by atoms with E-state index in [9.17, 15) is 0 Å². The third-order valence-electron chi connectivity index (χ3n) is 2.78. The largest absolute Gasteiger partial charge is 0.399 e. The van der Waals surface area contributed by atoms with E-state index in [1.807, 2.05) is 6.21 Å². The molecule has 0 N–H and O–H groups in total. The van der Waals surface area contributed by atoms with Gasteiger partial charge in [0.25, 0.3) is 0 Å². The quantitative estimate of drug-likeness (QED) is 0.475. The molecule has 76 valence electrons. The van der Waals surface area contributed by atoms with Crippen molar-refractivity contribution in [2.24, 2.45) is 11.1 Å². The van der Waals surface area contributed by atoms with Gasteiger partial charge in [-0.3, -0.25) is 0 Å². The predicted octanol–water partition coefficient (Wildman–Crippen LogP) is 3.37. The van der Waals surface area contributed by atoms with Crippen molar-refractivity contribution in [1.29, 1.82) is 0 Å². The van der Waals surface area contributed by atoms with Crippen LogP contribution in [0.4, 0.5) is 0 Å². The molecule has 1 aliphatic carbocycles. The molecule has 2 heteroatoms. The van der Waals surface area contributed by atoms with Gasteiger partial charge in [0.2, 0.25) is 0 Å². The molecule has 13 heavy (non-hydrogen) atoms. The second-order valence-corrected chi connectivity index (χ2v) is 3.90. The smallest absolute Gasteiger partial charge is 0.106 e. The van der Waals surface area contributed by atoms with E-state index < -0.39 is 0 Å². The summed E-state index contributed by atoms with van der Waals surface area (Å²) in [4.78, 5) is 4.72. The highest BCUT2D eigenvalue weighted by atomic mass is 16.6. The van der Waals surface area contributed by atoms with Crippen LogP contribution in [0.25, 0.3) is 0 Å². The summed E-state index contributed by atoms with van der Waals surface area (Å²) >= 11 is 0. The van der Waals surface area contributed by atoms with Crippen molar-refractivity contribution in [3.8, 4) is 0 Å². The maximum Gasteiger partial charge on any atom is 0.106 e. The summed E-state index contributed by atoms with van der Waals surface area (Å²) in [6.45, 7) is 0. The second kappa shape index (κ2) is 6.93. The molecule has 0 bridgehead atoms. The van der Waals surface area contributed by atoms with Crippen molar-refractivity contribution in [2.45, 2.75) is 51.4 Å². The van der Waals surface area contributed by atoms with Crippen molar-refractivity contribution in [2.75, 3.05) is 7.11 Å². The molecule has 0 aromatic carbocycles. The van der Waals surface area contributed by atoms with Gasteiger partial charge in [-0.15, -0.1) is 0 Å². The van der Waals surface area contributed by atoms with Gasteiger partial charge >= 0.3 is 0 Å². The minimum atomic E-state index is 0.665. The molecule has 0 amide bonds. The minimum Gasteiger partial charge on any atom is -0.399 e. The first-order valence-corrected chi connectivity index (χ1v) is 5.50. The Labute approximate surface area is 81.3 Å². The van der Waals surface area contributed by atoms with Gasteiger partial charge in [-0.05, 0) is 18.8 Å². The number of nitrogens with zero attached hydrogens (tertiary/aromatic N) is 1. The van der Waals surface area contributed by atoms with Gasteiger partial charge < -0.3 is 4.84 Å². The molecule has 1 aliphatic rings. The van der Waals surface area contributed by atoms with Gasteiger partial charge in [-0.25, -0.2) is 0 Å². The predicted molar refractivity (Wildman–Crippen MR) is 55.9 cm³/mol. The lowest BCUT2D eigenvalue weighted by atomic mass is 9.98. The van der Waals surface area contributed by atoms with E-state index in [1.165, 1.54) is 51.4 Å². The van der Waals surface area contributed by atoms with Crippen LogP contribution in [0.2, 0.25) is 0 Å². The Morgan fingerprint density at radius 3 is 2.08 bits per heavy atom. The molecular weight excluding hydrogens is 162 g/mol. The number of hydrogen-bond acceptors (Lipinski definition) is 2. The topological polar surface area (TPSA) is 21.6 Å². The van der Waals surface area contributed by atoms with E-state index in [0.717, 1.165) is 0 Å². The van der Waals surface area contributed by atoms with Gasteiger partial charge in [0.1, 0.15) is 7.11 Å². The van der Waals surface area contributed by atoms with Crippen molar-refractivity contribution >= 4 is 6.21 Å². The second-order valence-electron chi connectivity index (χ2n) is 3.90. The molecule has 2 nitrogen and oxygen atoms in total. The summed E-state index contributed by atoms with van der Waals surface area (Å²) in [6.07, 6.45) is 13.0. The first kappa shape index (κ1) is 10.6. The molecule has 0 aromatic rings. The molecule has 1 rings (SSSR count). The first-order valence-electron chi connectivity index (χ1n) is 5.50. The summed E-state index contributed by atoms with van der Waals surface area (Å²) in [5.74, 6) is 0.665. The van der Waals surface area contributed by atoms with E-state index >= 15 is 0 Å². The van der Waals surface area contributed by atoms with Crippen LogP contribution < -0.4 is 0 Å². The van der Waals surface area contributed by atoms with Crippen LogP contribution in [-0.4, -0.2) is 13.3 Å². The van der Waals surface area contributed by atoms with E-state index in [1.54, 1.807) is 7.11 Å². The summed E-state index contributed by atoms with van der Waals surface area (Å²) in [5, 5.41) is 3.87. The lowest BCUT2D eigenvalue weighted by Crippen LogP contribution is -2.01.